The van der Waals surface area contributed by atoms with Crippen molar-refractivity contribution < 1.29 is 19.1 Å². The lowest BCUT2D eigenvalue weighted by Gasteiger charge is -2.30. The van der Waals surface area contributed by atoms with Gasteiger partial charge in [-0.25, -0.2) is 0 Å². The van der Waals surface area contributed by atoms with Gasteiger partial charge in [0.1, 0.15) is 5.60 Å². The summed E-state index contributed by atoms with van der Waals surface area (Å²) < 4.78 is 10.9. The van der Waals surface area contributed by atoms with Gasteiger partial charge in [-0.1, -0.05) is 6.07 Å². The second kappa shape index (κ2) is 9.92. The Morgan fingerprint density at radius 1 is 1.09 bits per heavy atom. The highest BCUT2D eigenvalue weighted by molar-refractivity contribution is 6.09. The SMILES string of the molecule is Cc1cc(=O)[nH]c2ccc(NC(=O)c3cc(CC(=O)OC(C)(C)C)ccc3N3CCOCC3)cc12. The standard InChI is InChI=1S/C27H31N3O5/c1-17-13-24(31)29-22-7-6-19(16-20(17)22)28-26(33)21-14-18(15-25(32)35-27(2,3)4)5-8-23(21)30-9-11-34-12-10-30/h5-8,13-14,16H,9-12,15H2,1-4H3,(H,28,33)(H,29,31). The van der Waals surface area contributed by atoms with Crippen LogP contribution in [0.1, 0.15) is 42.3 Å². The number of aryl methyl sites for hydroxylation is 1. The van der Waals surface area contributed by atoms with Crippen LogP contribution < -0.4 is 15.8 Å². The number of morpholine rings is 1. The van der Waals surface area contributed by atoms with E-state index in [9.17, 15) is 14.4 Å². The molecule has 1 amide bonds. The minimum absolute atomic E-state index is 0.0729. The summed E-state index contributed by atoms with van der Waals surface area (Å²) in [5, 5.41) is 3.84. The van der Waals surface area contributed by atoms with Crippen LogP contribution in [-0.2, 0) is 20.7 Å². The number of amides is 1. The smallest absolute Gasteiger partial charge is 0.310 e. The van der Waals surface area contributed by atoms with Crippen LogP contribution in [0.3, 0.4) is 0 Å². The summed E-state index contributed by atoms with van der Waals surface area (Å²) >= 11 is 0. The van der Waals surface area contributed by atoms with Crippen LogP contribution in [0.15, 0.2) is 47.3 Å². The average molecular weight is 478 g/mol. The molecule has 2 heterocycles. The first-order valence-electron chi connectivity index (χ1n) is 11.7. The van der Waals surface area contributed by atoms with E-state index in [-0.39, 0.29) is 23.9 Å². The number of pyridine rings is 1. The molecule has 1 fully saturated rings. The summed E-state index contributed by atoms with van der Waals surface area (Å²) in [6, 6.07) is 12.4. The van der Waals surface area contributed by atoms with Crippen LogP contribution in [0.25, 0.3) is 10.9 Å². The molecule has 0 bridgehead atoms. The summed E-state index contributed by atoms with van der Waals surface area (Å²) in [4.78, 5) is 42.5. The van der Waals surface area contributed by atoms with E-state index in [1.165, 1.54) is 6.07 Å². The molecule has 1 aromatic heterocycles. The Bertz CT molecular complexity index is 1320. The van der Waals surface area contributed by atoms with Crippen molar-refractivity contribution in [2.75, 3.05) is 36.5 Å². The fourth-order valence-electron chi connectivity index (χ4n) is 4.20. The van der Waals surface area contributed by atoms with Crippen LogP contribution in [0, 0.1) is 6.92 Å². The van der Waals surface area contributed by atoms with E-state index in [1.807, 2.05) is 45.9 Å². The lowest BCUT2D eigenvalue weighted by Crippen LogP contribution is -2.37. The number of anilines is 2. The average Bonchev–Trinajstić information content (AvgIpc) is 2.78. The largest absolute Gasteiger partial charge is 0.460 e. The van der Waals surface area contributed by atoms with Gasteiger partial charge in [0.25, 0.3) is 5.91 Å². The van der Waals surface area contributed by atoms with E-state index >= 15 is 0 Å². The monoisotopic (exact) mass is 477 g/mol. The first kappa shape index (κ1) is 24.5. The number of carbonyl (C=O) groups is 2. The molecule has 8 nitrogen and oxygen atoms in total. The number of benzene rings is 2. The summed E-state index contributed by atoms with van der Waals surface area (Å²) in [7, 11) is 0. The molecule has 3 aromatic rings. The van der Waals surface area contributed by atoms with Gasteiger partial charge in [-0.3, -0.25) is 14.4 Å². The zero-order chi connectivity index (χ0) is 25.2. The fraction of sp³-hybridized carbons (Fsp3) is 0.370. The molecule has 0 atom stereocenters. The number of H-pyrrole nitrogens is 1. The second-order valence-electron chi connectivity index (χ2n) is 9.75. The van der Waals surface area contributed by atoms with E-state index in [4.69, 9.17) is 9.47 Å². The van der Waals surface area contributed by atoms with Crippen molar-refractivity contribution in [1.29, 1.82) is 0 Å². The number of nitrogens with zero attached hydrogens (tertiary/aromatic N) is 1. The first-order valence-corrected chi connectivity index (χ1v) is 11.7. The molecular weight excluding hydrogens is 446 g/mol. The summed E-state index contributed by atoms with van der Waals surface area (Å²) in [6.45, 7) is 9.86. The van der Waals surface area contributed by atoms with Gasteiger partial charge in [0.05, 0.1) is 25.2 Å². The van der Waals surface area contributed by atoms with Gasteiger partial charge >= 0.3 is 5.97 Å². The number of fused-ring (bicyclic) bond motifs is 1. The highest BCUT2D eigenvalue weighted by Gasteiger charge is 2.22. The maximum Gasteiger partial charge on any atom is 0.310 e. The van der Waals surface area contributed by atoms with Crippen molar-refractivity contribution in [3.8, 4) is 0 Å². The molecule has 1 aliphatic heterocycles. The number of carbonyl (C=O) groups excluding carboxylic acids is 2. The van der Waals surface area contributed by atoms with Crippen LogP contribution >= 0.6 is 0 Å². The molecule has 0 aliphatic carbocycles. The lowest BCUT2D eigenvalue weighted by molar-refractivity contribution is -0.153. The highest BCUT2D eigenvalue weighted by Crippen LogP contribution is 2.26. The van der Waals surface area contributed by atoms with E-state index in [0.29, 0.717) is 48.6 Å². The van der Waals surface area contributed by atoms with Crippen LogP contribution in [0.5, 0.6) is 0 Å². The predicted octanol–water partition coefficient (Wildman–Crippen LogP) is 3.81. The molecule has 0 radical (unpaired) electrons. The molecule has 1 aliphatic rings. The highest BCUT2D eigenvalue weighted by atomic mass is 16.6. The number of hydrogen-bond donors (Lipinski definition) is 2. The van der Waals surface area contributed by atoms with E-state index in [2.05, 4.69) is 15.2 Å². The fourth-order valence-corrected chi connectivity index (χ4v) is 4.20. The quantitative estimate of drug-likeness (QED) is 0.542. The van der Waals surface area contributed by atoms with Crippen molar-refractivity contribution in [3.63, 3.8) is 0 Å². The Morgan fingerprint density at radius 3 is 2.54 bits per heavy atom. The molecule has 35 heavy (non-hydrogen) atoms. The Labute approximate surface area is 204 Å². The number of aromatic amines is 1. The van der Waals surface area contributed by atoms with Crippen molar-refractivity contribution in [1.82, 2.24) is 4.98 Å². The number of hydrogen-bond acceptors (Lipinski definition) is 6. The van der Waals surface area contributed by atoms with Gasteiger partial charge in [0.2, 0.25) is 5.56 Å². The van der Waals surface area contributed by atoms with Gasteiger partial charge in [0.15, 0.2) is 0 Å². The van der Waals surface area contributed by atoms with E-state index < -0.39 is 5.60 Å². The maximum atomic E-state index is 13.5. The Morgan fingerprint density at radius 2 is 1.83 bits per heavy atom. The van der Waals surface area contributed by atoms with Gasteiger partial charge in [-0.05, 0) is 69.2 Å². The third kappa shape index (κ3) is 6.08. The zero-order valence-electron chi connectivity index (χ0n) is 20.6. The van der Waals surface area contributed by atoms with E-state index in [1.54, 1.807) is 18.2 Å². The first-order chi connectivity index (χ1) is 16.6. The third-order valence-electron chi connectivity index (χ3n) is 5.73. The predicted molar refractivity (Wildman–Crippen MR) is 136 cm³/mol. The summed E-state index contributed by atoms with van der Waals surface area (Å²) in [6.07, 6.45) is 0.0729. The third-order valence-corrected chi connectivity index (χ3v) is 5.73. The van der Waals surface area contributed by atoms with Gasteiger partial charge in [-0.15, -0.1) is 0 Å². The van der Waals surface area contributed by atoms with Gasteiger partial charge in [0, 0.05) is 41.4 Å². The lowest BCUT2D eigenvalue weighted by atomic mass is 10.0. The maximum absolute atomic E-state index is 13.5. The molecule has 0 spiro atoms. The Hall–Kier alpha value is -3.65. The number of rotatable bonds is 5. The molecule has 8 heteroatoms. The molecule has 2 aromatic carbocycles. The van der Waals surface area contributed by atoms with Crippen LogP contribution in [-0.4, -0.2) is 48.8 Å². The Kier molecular flexibility index (Phi) is 6.93. The van der Waals surface area contributed by atoms with Crippen LogP contribution in [0.2, 0.25) is 0 Å². The number of nitrogens with one attached hydrogen (secondary N) is 2. The van der Waals surface area contributed by atoms with Crippen molar-refractivity contribution in [2.45, 2.75) is 39.7 Å². The second-order valence-corrected chi connectivity index (χ2v) is 9.75. The molecule has 0 unspecified atom stereocenters. The molecule has 184 valence electrons. The van der Waals surface area contributed by atoms with Gasteiger partial charge in [-0.2, -0.15) is 0 Å². The minimum atomic E-state index is -0.580. The minimum Gasteiger partial charge on any atom is -0.460 e. The zero-order valence-corrected chi connectivity index (χ0v) is 20.6. The molecule has 4 rings (SSSR count). The number of aromatic nitrogens is 1. The molecule has 1 saturated heterocycles. The van der Waals surface area contributed by atoms with Crippen molar-refractivity contribution in [2.24, 2.45) is 0 Å². The Balaban J connectivity index is 1.64. The molecule has 0 saturated carbocycles. The topological polar surface area (TPSA) is 101 Å². The summed E-state index contributed by atoms with van der Waals surface area (Å²) in [5.74, 6) is -0.624. The normalized spacial score (nSPS) is 14.1. The van der Waals surface area contributed by atoms with Crippen molar-refractivity contribution >= 4 is 34.2 Å². The number of esters is 1. The number of ether oxygens (including phenoxy) is 2. The summed E-state index contributed by atoms with van der Waals surface area (Å²) in [5.41, 5.74) is 3.38. The molecular formula is C27H31N3O5. The molecule has 2 N–H and O–H groups in total. The van der Waals surface area contributed by atoms with Crippen LogP contribution in [0.4, 0.5) is 11.4 Å². The van der Waals surface area contributed by atoms with Gasteiger partial charge < -0.3 is 24.7 Å². The van der Waals surface area contributed by atoms with E-state index in [0.717, 1.165) is 16.6 Å². The van der Waals surface area contributed by atoms with Crippen molar-refractivity contribution in [3.05, 3.63) is 69.5 Å².